The predicted molar refractivity (Wildman–Crippen MR) is 126 cm³/mol. The van der Waals surface area contributed by atoms with Gasteiger partial charge in [0.15, 0.2) is 0 Å². The van der Waals surface area contributed by atoms with Gasteiger partial charge in [0.1, 0.15) is 16.1 Å². The minimum atomic E-state index is -1.77. The molecule has 1 amide bonds. The molecule has 1 atom stereocenters. The van der Waals surface area contributed by atoms with Gasteiger partial charge in [0.25, 0.3) is 11.5 Å². The van der Waals surface area contributed by atoms with Crippen molar-refractivity contribution in [1.82, 2.24) is 19.2 Å². The summed E-state index contributed by atoms with van der Waals surface area (Å²) in [7, 11) is 6.86. The molecule has 0 saturated carbocycles. The number of H-pyrrole nitrogens is 1. The summed E-state index contributed by atoms with van der Waals surface area (Å²) in [5, 5.41) is 13.1. The molecule has 0 aliphatic carbocycles. The van der Waals surface area contributed by atoms with E-state index in [1.807, 2.05) is 13.8 Å². The van der Waals surface area contributed by atoms with E-state index in [9.17, 15) is 24.3 Å². The van der Waals surface area contributed by atoms with E-state index >= 15 is 0 Å². The summed E-state index contributed by atoms with van der Waals surface area (Å²) in [4.78, 5) is 58.9. The standard InChI is InChI=1S/C22H28N4O7S/c1-11(2)9-22(31,12-8-13(20(29)32-6)24(3)10-12)16-14(19(28)26(5)33-7)15-17(34-16)23-21(30)25(4)18(15)27/h8,10-11,31H,9H2,1-7H3,(H,23,30). The Morgan fingerprint density at radius 1 is 1.26 bits per heavy atom. The van der Waals surface area contributed by atoms with Crippen LogP contribution in [0.1, 0.15) is 51.6 Å². The van der Waals surface area contributed by atoms with Gasteiger partial charge in [-0.2, -0.15) is 0 Å². The van der Waals surface area contributed by atoms with E-state index in [0.29, 0.717) is 5.56 Å². The summed E-state index contributed by atoms with van der Waals surface area (Å²) < 4.78 is 7.21. The average Bonchev–Trinajstić information content (AvgIpc) is 3.37. The Labute approximate surface area is 199 Å². The van der Waals surface area contributed by atoms with Crippen molar-refractivity contribution >= 4 is 33.4 Å². The van der Waals surface area contributed by atoms with E-state index in [4.69, 9.17) is 9.57 Å². The normalized spacial score (nSPS) is 13.3. The number of carbonyl (C=O) groups excluding carboxylic acids is 2. The number of nitrogens with one attached hydrogen (secondary N) is 1. The number of rotatable bonds is 7. The summed E-state index contributed by atoms with van der Waals surface area (Å²) in [5.41, 5.74) is -2.64. The number of hydrogen-bond donors (Lipinski definition) is 2. The van der Waals surface area contributed by atoms with Gasteiger partial charge in [-0.15, -0.1) is 11.3 Å². The number of thiophene rings is 1. The van der Waals surface area contributed by atoms with Crippen LogP contribution in [-0.2, 0) is 29.3 Å². The molecule has 0 fully saturated rings. The number of aryl methyl sites for hydroxylation is 1. The van der Waals surface area contributed by atoms with Gasteiger partial charge >= 0.3 is 11.7 Å². The molecule has 184 valence electrons. The van der Waals surface area contributed by atoms with E-state index < -0.39 is 28.7 Å². The lowest BCUT2D eigenvalue weighted by Crippen LogP contribution is -2.35. The van der Waals surface area contributed by atoms with Crippen molar-refractivity contribution in [2.24, 2.45) is 20.0 Å². The van der Waals surface area contributed by atoms with Crippen molar-refractivity contribution in [2.75, 3.05) is 21.3 Å². The Morgan fingerprint density at radius 3 is 2.47 bits per heavy atom. The molecular weight excluding hydrogens is 464 g/mol. The van der Waals surface area contributed by atoms with Gasteiger partial charge in [-0.05, 0) is 18.4 Å². The van der Waals surface area contributed by atoms with Crippen LogP contribution in [0.2, 0.25) is 0 Å². The maximum atomic E-state index is 13.4. The average molecular weight is 493 g/mol. The highest BCUT2D eigenvalue weighted by molar-refractivity contribution is 7.19. The zero-order valence-corrected chi connectivity index (χ0v) is 20.9. The first-order chi connectivity index (χ1) is 15.9. The number of hydroxylamine groups is 2. The topological polar surface area (TPSA) is 136 Å². The maximum absolute atomic E-state index is 13.4. The van der Waals surface area contributed by atoms with Crippen molar-refractivity contribution in [3.8, 4) is 0 Å². The van der Waals surface area contributed by atoms with Crippen LogP contribution in [0.25, 0.3) is 10.2 Å². The maximum Gasteiger partial charge on any atom is 0.354 e. The number of fused-ring (bicyclic) bond motifs is 1. The molecule has 3 rings (SSSR count). The number of aromatic amines is 1. The van der Waals surface area contributed by atoms with Crippen molar-refractivity contribution < 1.29 is 24.3 Å². The van der Waals surface area contributed by atoms with E-state index in [1.165, 1.54) is 38.9 Å². The molecule has 1 unspecified atom stereocenters. The highest BCUT2D eigenvalue weighted by atomic mass is 32.1. The summed E-state index contributed by atoms with van der Waals surface area (Å²) >= 11 is 0.943. The zero-order valence-electron chi connectivity index (χ0n) is 20.1. The van der Waals surface area contributed by atoms with Crippen molar-refractivity contribution in [2.45, 2.75) is 25.9 Å². The number of hydrogen-bond acceptors (Lipinski definition) is 8. The molecule has 0 aliphatic rings. The zero-order chi connectivity index (χ0) is 25.5. The first-order valence-electron chi connectivity index (χ1n) is 10.4. The fraction of sp³-hybridized carbons (Fsp3) is 0.455. The Hall–Kier alpha value is -3.22. The molecule has 0 radical (unpaired) electrons. The minimum absolute atomic E-state index is 0.0256. The quantitative estimate of drug-likeness (QED) is 0.375. The molecule has 3 heterocycles. The van der Waals surface area contributed by atoms with Crippen LogP contribution in [0.4, 0.5) is 0 Å². The van der Waals surface area contributed by atoms with E-state index in [-0.39, 0.29) is 38.7 Å². The number of aromatic nitrogens is 3. The van der Waals surface area contributed by atoms with Crippen LogP contribution in [0.15, 0.2) is 21.9 Å². The van der Waals surface area contributed by atoms with E-state index in [2.05, 4.69) is 4.98 Å². The number of aliphatic hydroxyl groups is 1. The second kappa shape index (κ2) is 9.20. The molecular formula is C22H28N4O7S. The Kier molecular flexibility index (Phi) is 6.87. The number of nitrogens with zero attached hydrogens (tertiary/aromatic N) is 3. The fourth-order valence-electron chi connectivity index (χ4n) is 3.93. The van der Waals surface area contributed by atoms with E-state index in [1.54, 1.807) is 13.2 Å². The van der Waals surface area contributed by atoms with Crippen LogP contribution in [0.3, 0.4) is 0 Å². The number of methoxy groups -OCH3 is 1. The van der Waals surface area contributed by atoms with Crippen LogP contribution in [0, 0.1) is 5.92 Å². The van der Waals surface area contributed by atoms with Crippen molar-refractivity contribution in [3.05, 3.63) is 54.8 Å². The Balaban J connectivity index is 2.45. The molecule has 0 bridgehead atoms. The van der Waals surface area contributed by atoms with Crippen molar-refractivity contribution in [1.29, 1.82) is 0 Å². The van der Waals surface area contributed by atoms with Gasteiger partial charge < -0.3 is 14.4 Å². The lowest BCUT2D eigenvalue weighted by molar-refractivity contribution is -0.0758. The molecule has 12 heteroatoms. The third kappa shape index (κ3) is 4.08. The highest BCUT2D eigenvalue weighted by Crippen LogP contribution is 2.44. The first-order valence-corrected chi connectivity index (χ1v) is 11.2. The number of carbonyl (C=O) groups is 2. The van der Waals surface area contributed by atoms with Crippen LogP contribution in [0.5, 0.6) is 0 Å². The number of amides is 1. The van der Waals surface area contributed by atoms with Crippen molar-refractivity contribution in [3.63, 3.8) is 0 Å². The molecule has 0 saturated heterocycles. The van der Waals surface area contributed by atoms with Crippen LogP contribution >= 0.6 is 11.3 Å². The fourth-order valence-corrected chi connectivity index (χ4v) is 5.23. The van der Waals surface area contributed by atoms with Gasteiger partial charge in [-0.3, -0.25) is 24.0 Å². The van der Waals surface area contributed by atoms with Gasteiger partial charge in [0, 0.05) is 32.9 Å². The lowest BCUT2D eigenvalue weighted by atomic mass is 9.83. The van der Waals surface area contributed by atoms with Crippen LogP contribution in [-0.4, -0.2) is 57.4 Å². The minimum Gasteiger partial charge on any atom is -0.464 e. The Bertz CT molecular complexity index is 1380. The molecule has 0 aromatic carbocycles. The predicted octanol–water partition coefficient (Wildman–Crippen LogP) is 1.33. The molecule has 0 aliphatic heterocycles. The smallest absolute Gasteiger partial charge is 0.354 e. The molecule has 0 spiro atoms. The SMILES string of the molecule is COC(=O)c1cc(C(O)(CC(C)C)c2sc3[nH]c(=O)n(C)c(=O)c3c2C(=O)N(C)OC)cn1C. The van der Waals surface area contributed by atoms with E-state index in [0.717, 1.165) is 21.0 Å². The monoisotopic (exact) mass is 492 g/mol. The first kappa shape index (κ1) is 25.4. The third-order valence-electron chi connectivity index (χ3n) is 5.68. The summed E-state index contributed by atoms with van der Waals surface area (Å²) in [6, 6.07) is 1.49. The number of ether oxygens (including phenoxy) is 1. The largest absolute Gasteiger partial charge is 0.464 e. The van der Waals surface area contributed by atoms with Gasteiger partial charge in [-0.25, -0.2) is 14.7 Å². The number of esters is 1. The third-order valence-corrected chi connectivity index (χ3v) is 6.94. The summed E-state index contributed by atoms with van der Waals surface area (Å²) in [6.07, 6.45) is 1.74. The molecule has 2 N–H and O–H groups in total. The molecule has 11 nitrogen and oxygen atoms in total. The lowest BCUT2D eigenvalue weighted by Gasteiger charge is -2.30. The highest BCUT2D eigenvalue weighted by Gasteiger charge is 2.42. The van der Waals surface area contributed by atoms with Gasteiger partial charge in [0.05, 0.1) is 30.0 Å². The Morgan fingerprint density at radius 2 is 1.91 bits per heavy atom. The summed E-state index contributed by atoms with van der Waals surface area (Å²) in [6.45, 7) is 3.79. The van der Waals surface area contributed by atoms with Crippen LogP contribution < -0.4 is 11.2 Å². The molecule has 3 aromatic rings. The molecule has 3 aromatic heterocycles. The second-order valence-electron chi connectivity index (χ2n) is 8.46. The van der Waals surface area contributed by atoms with Gasteiger partial charge in [-0.1, -0.05) is 13.8 Å². The summed E-state index contributed by atoms with van der Waals surface area (Å²) in [5.74, 6) is -1.31. The van der Waals surface area contributed by atoms with Gasteiger partial charge in [0.2, 0.25) is 0 Å². The molecule has 34 heavy (non-hydrogen) atoms. The second-order valence-corrected chi connectivity index (χ2v) is 9.49.